The molecule has 2 aromatic heterocycles. The van der Waals surface area contributed by atoms with Crippen LogP contribution < -0.4 is 0 Å². The van der Waals surface area contributed by atoms with Crippen molar-refractivity contribution in [2.75, 3.05) is 6.54 Å². The fraction of sp³-hybridized carbons (Fsp3) is 0.455. The van der Waals surface area contributed by atoms with Crippen molar-refractivity contribution < 1.29 is 14.3 Å². The number of nitrogens with zero attached hydrogens (tertiary/aromatic N) is 5. The Labute approximate surface area is 248 Å². The van der Waals surface area contributed by atoms with Crippen LogP contribution in [-0.4, -0.2) is 54.5 Å². The number of carbonyl (C=O) groups excluding carboxylic acids is 2. The Hall–Kier alpha value is -4.14. The lowest BCUT2D eigenvalue weighted by Crippen LogP contribution is -2.47. The minimum atomic E-state index is -0.762. The van der Waals surface area contributed by atoms with Gasteiger partial charge in [0.1, 0.15) is 5.60 Å². The molecular formula is C33H42N6O3. The number of fused-ring (bicyclic) bond motifs is 1. The molecule has 9 heteroatoms. The molecule has 0 bridgehead atoms. The normalized spacial score (nSPS) is 12.0. The van der Waals surface area contributed by atoms with Crippen molar-refractivity contribution in [3.63, 3.8) is 0 Å². The summed E-state index contributed by atoms with van der Waals surface area (Å²) in [7, 11) is 0. The third-order valence-corrected chi connectivity index (χ3v) is 7.69. The highest BCUT2D eigenvalue weighted by Gasteiger charge is 2.41. The quantitative estimate of drug-likeness (QED) is 0.187. The summed E-state index contributed by atoms with van der Waals surface area (Å²) in [4.78, 5) is 33.6. The number of hydrogen-bond acceptors (Lipinski definition) is 7. The number of H-pyrrole nitrogens is 1. The number of rotatable bonds is 12. The van der Waals surface area contributed by atoms with E-state index in [9.17, 15) is 9.59 Å². The van der Waals surface area contributed by atoms with Gasteiger partial charge in [-0.2, -0.15) is 5.21 Å². The summed E-state index contributed by atoms with van der Waals surface area (Å²) in [5.74, 6) is 0.363. The van der Waals surface area contributed by atoms with Crippen LogP contribution in [-0.2, 0) is 20.9 Å². The van der Waals surface area contributed by atoms with E-state index in [0.29, 0.717) is 38.2 Å². The second kappa shape index (κ2) is 13.2. The van der Waals surface area contributed by atoms with E-state index in [2.05, 4.69) is 39.7 Å². The zero-order chi connectivity index (χ0) is 30.3. The van der Waals surface area contributed by atoms with Gasteiger partial charge in [-0.3, -0.25) is 9.59 Å². The average molecular weight is 571 g/mol. The molecule has 1 amide bonds. The number of hydrogen-bond donors (Lipinski definition) is 1. The maximum atomic E-state index is 13.4. The fourth-order valence-corrected chi connectivity index (χ4v) is 5.03. The third-order valence-electron chi connectivity index (χ3n) is 7.69. The smallest absolute Gasteiger partial charge is 0.314 e. The number of pyridine rings is 1. The molecule has 1 N–H and O–H groups in total. The third kappa shape index (κ3) is 7.38. The summed E-state index contributed by atoms with van der Waals surface area (Å²) in [6.45, 7) is 12.5. The zero-order valence-electron chi connectivity index (χ0n) is 25.6. The summed E-state index contributed by atoms with van der Waals surface area (Å²) in [5.41, 5.74) is 3.23. The highest BCUT2D eigenvalue weighted by atomic mass is 16.6. The summed E-state index contributed by atoms with van der Waals surface area (Å²) in [5, 5.41) is 15.1. The van der Waals surface area contributed by atoms with E-state index in [1.54, 1.807) is 0 Å². The molecule has 4 rings (SSSR count). The molecule has 0 radical (unpaired) electrons. The molecule has 222 valence electrons. The summed E-state index contributed by atoms with van der Waals surface area (Å²) in [6, 6.07) is 18.0. The lowest BCUT2D eigenvalue weighted by atomic mass is 9.81. The molecule has 42 heavy (non-hydrogen) atoms. The van der Waals surface area contributed by atoms with Crippen LogP contribution in [0.15, 0.2) is 54.6 Å². The Balaban J connectivity index is 1.57. The van der Waals surface area contributed by atoms with Crippen LogP contribution in [0.5, 0.6) is 0 Å². The minimum Gasteiger partial charge on any atom is -0.459 e. The van der Waals surface area contributed by atoms with Crippen molar-refractivity contribution in [3.05, 3.63) is 60.2 Å². The van der Waals surface area contributed by atoms with Gasteiger partial charge in [0, 0.05) is 36.0 Å². The Morgan fingerprint density at radius 2 is 1.64 bits per heavy atom. The SMILES string of the molecule is CCCCC(=O)N(Cc1ccc2nc(-c3ccc(-c4nn[nH]n4)cc3)ccc2c1)CC(CC)(CC)C(=O)OC(C)(C)C. The molecule has 0 aliphatic rings. The standard InChI is InChI=1S/C33H42N6O3/c1-7-10-11-29(40)39(22-33(8-2,9-3)31(41)42-32(4,5)6)21-23-12-18-28-26(20-23)17-19-27(34-28)24-13-15-25(16-14-24)30-35-37-38-36-30/h12-20H,7-11,21-22H2,1-6H3,(H,35,36,37,38). The number of unbranched alkanes of at least 4 members (excludes halogenated alkanes) is 1. The maximum absolute atomic E-state index is 13.4. The molecule has 0 spiro atoms. The van der Waals surface area contributed by atoms with Gasteiger partial charge in [-0.25, -0.2) is 4.98 Å². The molecule has 0 saturated heterocycles. The molecule has 0 unspecified atom stereocenters. The van der Waals surface area contributed by atoms with Crippen LogP contribution in [0.1, 0.15) is 79.2 Å². The number of tetrazole rings is 1. The molecule has 2 aromatic carbocycles. The van der Waals surface area contributed by atoms with Gasteiger partial charge in [-0.05, 0) is 69.0 Å². The largest absolute Gasteiger partial charge is 0.459 e. The predicted molar refractivity (Wildman–Crippen MR) is 164 cm³/mol. The first-order valence-corrected chi connectivity index (χ1v) is 14.8. The lowest BCUT2D eigenvalue weighted by Gasteiger charge is -2.37. The fourth-order valence-electron chi connectivity index (χ4n) is 5.03. The van der Waals surface area contributed by atoms with E-state index >= 15 is 0 Å². The Morgan fingerprint density at radius 1 is 0.929 bits per heavy atom. The summed E-state index contributed by atoms with van der Waals surface area (Å²) in [6.07, 6.45) is 3.39. The number of esters is 1. The number of aromatic amines is 1. The average Bonchev–Trinajstić information content (AvgIpc) is 3.52. The van der Waals surface area contributed by atoms with E-state index < -0.39 is 11.0 Å². The molecule has 0 aliphatic carbocycles. The van der Waals surface area contributed by atoms with Gasteiger partial charge in [-0.15, -0.1) is 10.2 Å². The van der Waals surface area contributed by atoms with Crippen LogP contribution in [0.25, 0.3) is 33.5 Å². The molecule has 0 saturated carbocycles. The van der Waals surface area contributed by atoms with Gasteiger partial charge in [0.15, 0.2) is 0 Å². The van der Waals surface area contributed by atoms with Crippen molar-refractivity contribution in [1.29, 1.82) is 0 Å². The lowest BCUT2D eigenvalue weighted by molar-refractivity contribution is -0.170. The topological polar surface area (TPSA) is 114 Å². The second-order valence-corrected chi connectivity index (χ2v) is 11.9. The number of amides is 1. The monoisotopic (exact) mass is 570 g/mol. The first-order valence-electron chi connectivity index (χ1n) is 14.8. The van der Waals surface area contributed by atoms with Crippen molar-refractivity contribution in [1.82, 2.24) is 30.5 Å². The number of benzene rings is 2. The van der Waals surface area contributed by atoms with Crippen molar-refractivity contribution >= 4 is 22.8 Å². The van der Waals surface area contributed by atoms with Crippen LogP contribution in [0.2, 0.25) is 0 Å². The van der Waals surface area contributed by atoms with Gasteiger partial charge in [0.05, 0.1) is 16.6 Å². The van der Waals surface area contributed by atoms with E-state index in [1.807, 2.05) is 82.0 Å². The predicted octanol–water partition coefficient (Wildman–Crippen LogP) is 6.75. The number of ether oxygens (including phenoxy) is 1. The Morgan fingerprint density at radius 3 is 2.26 bits per heavy atom. The molecule has 2 heterocycles. The van der Waals surface area contributed by atoms with Crippen molar-refractivity contribution in [2.45, 2.75) is 85.8 Å². The maximum Gasteiger partial charge on any atom is 0.314 e. The second-order valence-electron chi connectivity index (χ2n) is 11.9. The number of carbonyl (C=O) groups is 2. The van der Waals surface area contributed by atoms with Crippen LogP contribution in [0.4, 0.5) is 0 Å². The van der Waals surface area contributed by atoms with Crippen LogP contribution in [0.3, 0.4) is 0 Å². The van der Waals surface area contributed by atoms with E-state index in [0.717, 1.165) is 46.1 Å². The molecule has 0 fully saturated rings. The Bertz CT molecular complexity index is 1490. The number of aromatic nitrogens is 5. The first kappa shape index (κ1) is 30.8. The van der Waals surface area contributed by atoms with Gasteiger partial charge >= 0.3 is 5.97 Å². The van der Waals surface area contributed by atoms with E-state index in [4.69, 9.17) is 9.72 Å². The zero-order valence-corrected chi connectivity index (χ0v) is 25.6. The Kier molecular flexibility index (Phi) is 9.70. The van der Waals surface area contributed by atoms with E-state index in [-0.39, 0.29) is 11.9 Å². The van der Waals surface area contributed by atoms with Crippen molar-refractivity contribution in [3.8, 4) is 22.6 Å². The summed E-state index contributed by atoms with van der Waals surface area (Å²) >= 11 is 0. The van der Waals surface area contributed by atoms with Crippen LogP contribution in [0, 0.1) is 5.41 Å². The highest BCUT2D eigenvalue weighted by molar-refractivity contribution is 5.83. The van der Waals surface area contributed by atoms with Gasteiger partial charge in [0.25, 0.3) is 0 Å². The first-order chi connectivity index (χ1) is 20.1. The van der Waals surface area contributed by atoms with Crippen LogP contribution >= 0.6 is 0 Å². The number of nitrogens with one attached hydrogen (secondary N) is 1. The highest BCUT2D eigenvalue weighted by Crippen LogP contribution is 2.33. The van der Waals surface area contributed by atoms with Crippen molar-refractivity contribution in [2.24, 2.45) is 5.41 Å². The van der Waals surface area contributed by atoms with Gasteiger partial charge < -0.3 is 9.64 Å². The van der Waals surface area contributed by atoms with Gasteiger partial charge in [0.2, 0.25) is 11.7 Å². The molecule has 0 aliphatic heterocycles. The molecular weight excluding hydrogens is 528 g/mol. The van der Waals surface area contributed by atoms with E-state index in [1.165, 1.54) is 0 Å². The minimum absolute atomic E-state index is 0.0597. The summed E-state index contributed by atoms with van der Waals surface area (Å²) < 4.78 is 5.83. The van der Waals surface area contributed by atoms with Gasteiger partial charge in [-0.1, -0.05) is 63.6 Å². The molecule has 4 aromatic rings. The molecule has 9 nitrogen and oxygen atoms in total. The molecule has 0 atom stereocenters.